The predicted molar refractivity (Wildman–Crippen MR) is 41.6 cm³/mol. The number of rotatable bonds is 1. The van der Waals surface area contributed by atoms with Crippen LogP contribution in [-0.4, -0.2) is 11.2 Å². The molecular formula is C8H7N3. The number of hydrogen-bond donors (Lipinski definition) is 1. The molecule has 0 aliphatic carbocycles. The molecule has 0 bridgehead atoms. The van der Waals surface area contributed by atoms with Crippen LogP contribution in [0.3, 0.4) is 0 Å². The maximum Gasteiger partial charge on any atom is 0.0993 e. The maximum atomic E-state index is 8.53. The summed E-state index contributed by atoms with van der Waals surface area (Å²) in [6.45, 7) is 1.80. The fourth-order valence-electron chi connectivity index (χ4n) is 0.833. The van der Waals surface area contributed by atoms with Crippen molar-refractivity contribution in [3.8, 4) is 6.07 Å². The zero-order valence-electron chi connectivity index (χ0n) is 6.13. The highest BCUT2D eigenvalue weighted by Gasteiger charge is 1.95. The van der Waals surface area contributed by atoms with Gasteiger partial charge in [0.05, 0.1) is 17.3 Å². The van der Waals surface area contributed by atoms with Crippen LogP contribution in [0.4, 0.5) is 0 Å². The lowest BCUT2D eigenvalue weighted by Crippen LogP contribution is -1.91. The lowest BCUT2D eigenvalue weighted by Gasteiger charge is -1.94. The summed E-state index contributed by atoms with van der Waals surface area (Å²) >= 11 is 0. The average molecular weight is 145 g/mol. The van der Waals surface area contributed by atoms with Crippen LogP contribution in [0.15, 0.2) is 12.1 Å². The number of pyridine rings is 1. The van der Waals surface area contributed by atoms with Gasteiger partial charge in [0.2, 0.25) is 0 Å². The fourth-order valence-corrected chi connectivity index (χ4v) is 0.833. The van der Waals surface area contributed by atoms with Gasteiger partial charge in [-0.05, 0) is 19.1 Å². The minimum absolute atomic E-state index is 0.529. The molecule has 1 aromatic rings. The molecule has 3 heteroatoms. The summed E-state index contributed by atoms with van der Waals surface area (Å²) in [5.41, 5.74) is 1.85. The van der Waals surface area contributed by atoms with Gasteiger partial charge in [-0.1, -0.05) is 0 Å². The van der Waals surface area contributed by atoms with Crippen molar-refractivity contribution in [1.82, 2.24) is 4.98 Å². The standard InChI is InChI=1S/C8H7N3/c1-6-2-7(4-9)3-8(5-10)11-6/h2-3,5,10H,1H3. The number of nitrogens with one attached hydrogen (secondary N) is 1. The third-order valence-corrected chi connectivity index (χ3v) is 1.25. The van der Waals surface area contributed by atoms with Gasteiger partial charge in [0.1, 0.15) is 0 Å². The molecule has 0 fully saturated rings. The van der Waals surface area contributed by atoms with Crippen LogP contribution in [0.25, 0.3) is 0 Å². The number of aromatic nitrogens is 1. The van der Waals surface area contributed by atoms with E-state index in [0.29, 0.717) is 11.3 Å². The van der Waals surface area contributed by atoms with E-state index >= 15 is 0 Å². The topological polar surface area (TPSA) is 60.5 Å². The van der Waals surface area contributed by atoms with Gasteiger partial charge in [0.25, 0.3) is 0 Å². The second-order valence-electron chi connectivity index (χ2n) is 2.18. The lowest BCUT2D eigenvalue weighted by atomic mass is 10.2. The smallest absolute Gasteiger partial charge is 0.0993 e. The van der Waals surface area contributed by atoms with Crippen LogP contribution < -0.4 is 0 Å². The summed E-state index contributed by atoms with van der Waals surface area (Å²) in [6, 6.07) is 5.27. The van der Waals surface area contributed by atoms with Crippen molar-refractivity contribution in [2.75, 3.05) is 0 Å². The predicted octanol–water partition coefficient (Wildman–Crippen LogP) is 1.26. The van der Waals surface area contributed by atoms with Crippen LogP contribution in [0, 0.1) is 23.7 Å². The fraction of sp³-hybridized carbons (Fsp3) is 0.125. The highest BCUT2D eigenvalue weighted by molar-refractivity contribution is 5.74. The van der Waals surface area contributed by atoms with Gasteiger partial charge in [-0.3, -0.25) is 4.98 Å². The first-order chi connectivity index (χ1) is 5.26. The van der Waals surface area contributed by atoms with E-state index in [0.717, 1.165) is 11.9 Å². The zero-order valence-corrected chi connectivity index (χ0v) is 6.13. The van der Waals surface area contributed by atoms with Gasteiger partial charge in [-0.25, -0.2) is 0 Å². The molecule has 1 aromatic heterocycles. The van der Waals surface area contributed by atoms with E-state index in [1.807, 2.05) is 6.07 Å². The summed E-state index contributed by atoms with van der Waals surface area (Å²) in [5.74, 6) is 0. The van der Waals surface area contributed by atoms with E-state index in [1.165, 1.54) is 0 Å². The molecule has 0 aliphatic rings. The number of aryl methyl sites for hydroxylation is 1. The third-order valence-electron chi connectivity index (χ3n) is 1.25. The first-order valence-electron chi connectivity index (χ1n) is 3.15. The minimum Gasteiger partial charge on any atom is -0.307 e. The molecule has 0 amide bonds. The molecule has 0 saturated carbocycles. The third kappa shape index (κ3) is 1.62. The molecule has 54 valence electrons. The largest absolute Gasteiger partial charge is 0.307 e. The zero-order chi connectivity index (χ0) is 8.27. The van der Waals surface area contributed by atoms with Crippen molar-refractivity contribution in [3.05, 3.63) is 29.1 Å². The van der Waals surface area contributed by atoms with Crippen molar-refractivity contribution in [2.45, 2.75) is 6.92 Å². The summed E-state index contributed by atoms with van der Waals surface area (Å²) < 4.78 is 0. The second kappa shape index (κ2) is 2.93. The van der Waals surface area contributed by atoms with Crippen LogP contribution in [0.5, 0.6) is 0 Å². The number of nitriles is 1. The van der Waals surface area contributed by atoms with Crippen molar-refractivity contribution in [3.63, 3.8) is 0 Å². The Morgan fingerprint density at radius 3 is 2.91 bits per heavy atom. The quantitative estimate of drug-likeness (QED) is 0.604. The molecule has 1 heterocycles. The molecule has 11 heavy (non-hydrogen) atoms. The highest BCUT2D eigenvalue weighted by atomic mass is 14.7. The van der Waals surface area contributed by atoms with E-state index < -0.39 is 0 Å². The second-order valence-corrected chi connectivity index (χ2v) is 2.18. The summed E-state index contributed by atoms with van der Waals surface area (Å²) in [4.78, 5) is 4.01. The molecule has 0 unspecified atom stereocenters. The van der Waals surface area contributed by atoms with Crippen LogP contribution in [0.1, 0.15) is 17.0 Å². The van der Waals surface area contributed by atoms with E-state index in [2.05, 4.69) is 4.98 Å². The van der Waals surface area contributed by atoms with E-state index in [4.69, 9.17) is 10.7 Å². The van der Waals surface area contributed by atoms with Gasteiger partial charge in [-0.15, -0.1) is 0 Å². The summed E-state index contributed by atoms with van der Waals surface area (Å²) in [5, 5.41) is 15.4. The maximum absolute atomic E-state index is 8.53. The molecule has 1 N–H and O–H groups in total. The first kappa shape index (κ1) is 7.42. The van der Waals surface area contributed by atoms with Crippen LogP contribution in [0.2, 0.25) is 0 Å². The summed E-state index contributed by atoms with van der Waals surface area (Å²) in [6.07, 6.45) is 1.13. The molecule has 0 atom stereocenters. The highest BCUT2D eigenvalue weighted by Crippen LogP contribution is 2.01. The van der Waals surface area contributed by atoms with Gasteiger partial charge < -0.3 is 5.41 Å². The Labute approximate surface area is 64.8 Å². The Balaban J connectivity index is 3.25. The van der Waals surface area contributed by atoms with Crippen LogP contribution >= 0.6 is 0 Å². The molecule has 0 saturated heterocycles. The molecule has 3 nitrogen and oxygen atoms in total. The SMILES string of the molecule is Cc1cc(C#N)cc(C=N)n1. The molecule has 0 radical (unpaired) electrons. The molecular weight excluding hydrogens is 138 g/mol. The van der Waals surface area contributed by atoms with Crippen molar-refractivity contribution in [1.29, 1.82) is 10.7 Å². The van der Waals surface area contributed by atoms with Crippen molar-refractivity contribution < 1.29 is 0 Å². The first-order valence-corrected chi connectivity index (χ1v) is 3.15. The Morgan fingerprint density at radius 2 is 2.36 bits per heavy atom. The Hall–Kier alpha value is -1.69. The van der Waals surface area contributed by atoms with E-state index in [9.17, 15) is 0 Å². The van der Waals surface area contributed by atoms with E-state index in [1.54, 1.807) is 19.1 Å². The molecule has 0 spiro atoms. The normalized spacial score (nSPS) is 8.73. The summed E-state index contributed by atoms with van der Waals surface area (Å²) in [7, 11) is 0. The Morgan fingerprint density at radius 1 is 1.64 bits per heavy atom. The number of nitrogens with zero attached hydrogens (tertiary/aromatic N) is 2. The van der Waals surface area contributed by atoms with Crippen molar-refractivity contribution in [2.24, 2.45) is 0 Å². The molecule has 1 rings (SSSR count). The Bertz CT molecular complexity index is 323. The van der Waals surface area contributed by atoms with Gasteiger partial charge in [-0.2, -0.15) is 5.26 Å². The van der Waals surface area contributed by atoms with Crippen molar-refractivity contribution >= 4 is 6.21 Å². The lowest BCUT2D eigenvalue weighted by molar-refractivity contribution is 1.17. The van der Waals surface area contributed by atoms with Gasteiger partial charge >= 0.3 is 0 Å². The molecule has 0 aromatic carbocycles. The monoisotopic (exact) mass is 145 g/mol. The van der Waals surface area contributed by atoms with Gasteiger partial charge in [0.15, 0.2) is 0 Å². The minimum atomic E-state index is 0.529. The average Bonchev–Trinajstić information content (AvgIpc) is 2.03. The van der Waals surface area contributed by atoms with Gasteiger partial charge in [0, 0.05) is 11.9 Å². The Kier molecular flexibility index (Phi) is 1.98. The van der Waals surface area contributed by atoms with E-state index in [-0.39, 0.29) is 0 Å². The molecule has 0 aliphatic heterocycles. The van der Waals surface area contributed by atoms with Crippen LogP contribution in [-0.2, 0) is 0 Å². The number of hydrogen-bond acceptors (Lipinski definition) is 3.